The van der Waals surface area contributed by atoms with Gasteiger partial charge in [0, 0.05) is 48.0 Å². The van der Waals surface area contributed by atoms with Crippen molar-refractivity contribution in [3.05, 3.63) is 96.0 Å². The Kier molecular flexibility index (Phi) is 10.4. The Hall–Kier alpha value is -3.60. The Bertz CT molecular complexity index is 1890. The summed E-state index contributed by atoms with van der Waals surface area (Å²) in [5.41, 5.74) is 6.61. The van der Waals surface area contributed by atoms with E-state index in [0.29, 0.717) is 0 Å². The molecule has 0 fully saturated rings. The minimum Gasteiger partial charge on any atom is -0.512 e. The van der Waals surface area contributed by atoms with Gasteiger partial charge in [0.25, 0.3) is 0 Å². The zero-order chi connectivity index (χ0) is 32.6. The van der Waals surface area contributed by atoms with Gasteiger partial charge in [0.05, 0.1) is 5.52 Å². The largest absolute Gasteiger partial charge is 0.512 e. The molecule has 0 bridgehead atoms. The van der Waals surface area contributed by atoms with E-state index in [2.05, 4.69) is 54.1 Å². The standard InChI is InChI=1S/C25H17N2O.C15H28O2.Ir/c1-25(2)21-17(23-15-8-3-5-12-19(15)26-14-27-23)10-7-11-18(21)24-22(25)16-9-4-6-13-20(16)28-24;1-7-14(5,8-2)12(16)11-13(17)15(6,9-3)10-4;/h3-9,11-14H,1-2H3;11,16H,7-10H2,1-6H3;/q-1;;/b;12-11-;. The number of carbonyl (C=O) groups is 1. The van der Waals surface area contributed by atoms with Crippen molar-refractivity contribution in [3.8, 4) is 22.6 Å². The van der Waals surface area contributed by atoms with Crippen LogP contribution < -0.4 is 0 Å². The molecule has 0 unspecified atom stereocenters. The third-order valence-electron chi connectivity index (χ3n) is 10.5. The molecule has 0 aliphatic heterocycles. The Morgan fingerprint density at radius 3 is 2.13 bits per heavy atom. The zero-order valence-corrected chi connectivity index (χ0v) is 30.6. The van der Waals surface area contributed by atoms with E-state index in [-0.39, 0.29) is 47.9 Å². The Balaban J connectivity index is 0.000000234. The molecule has 0 spiro atoms. The maximum absolute atomic E-state index is 12.2. The van der Waals surface area contributed by atoms with Gasteiger partial charge in [0.1, 0.15) is 23.4 Å². The third-order valence-corrected chi connectivity index (χ3v) is 10.5. The Morgan fingerprint density at radius 2 is 1.48 bits per heavy atom. The number of allylic oxidation sites excluding steroid dienone is 2. The van der Waals surface area contributed by atoms with Crippen molar-refractivity contribution in [2.24, 2.45) is 10.8 Å². The average Bonchev–Trinajstić information content (AvgIpc) is 3.57. The maximum atomic E-state index is 12.2. The minimum atomic E-state index is -0.337. The molecule has 6 rings (SSSR count). The first kappa shape index (κ1) is 35.3. The first-order valence-corrected chi connectivity index (χ1v) is 16.2. The molecule has 5 aromatic rings. The molecule has 1 radical (unpaired) electrons. The van der Waals surface area contributed by atoms with E-state index in [1.54, 1.807) is 6.33 Å². The fourth-order valence-corrected chi connectivity index (χ4v) is 6.39. The number of aromatic nitrogens is 2. The van der Waals surface area contributed by atoms with E-state index in [1.807, 2.05) is 77.9 Å². The molecular weight excluding hydrogens is 749 g/mol. The SMILES string of the molecule is CC1(C)c2c(-c3ncnc4ccccc34)[c-]ccc2-c2oc3ccccc3c21.CCC(C)(CC)C(=O)/C=C(\O)C(C)(CC)CC.[Ir]. The molecule has 1 N–H and O–H groups in total. The molecule has 46 heavy (non-hydrogen) atoms. The predicted molar refractivity (Wildman–Crippen MR) is 184 cm³/mol. The van der Waals surface area contributed by atoms with Gasteiger partial charge >= 0.3 is 0 Å². The van der Waals surface area contributed by atoms with Crippen molar-refractivity contribution in [1.29, 1.82) is 0 Å². The monoisotopic (exact) mass is 794 g/mol. The summed E-state index contributed by atoms with van der Waals surface area (Å²) in [6.07, 6.45) is 6.39. The summed E-state index contributed by atoms with van der Waals surface area (Å²) in [6.45, 7) is 16.6. The zero-order valence-electron chi connectivity index (χ0n) is 28.2. The minimum absolute atomic E-state index is 0. The smallest absolute Gasteiger partial charge is 0.164 e. The molecule has 0 saturated heterocycles. The number of benzene rings is 3. The summed E-state index contributed by atoms with van der Waals surface area (Å²) in [7, 11) is 0. The number of ketones is 1. The fourth-order valence-electron chi connectivity index (χ4n) is 6.39. The number of carbonyl (C=O) groups excluding carboxylic acids is 1. The van der Waals surface area contributed by atoms with Crippen LogP contribution in [0.2, 0.25) is 0 Å². The summed E-state index contributed by atoms with van der Waals surface area (Å²) in [6, 6.07) is 24.0. The average molecular weight is 794 g/mol. The fraction of sp³-hybridized carbons (Fsp3) is 0.375. The summed E-state index contributed by atoms with van der Waals surface area (Å²) >= 11 is 0. The van der Waals surface area contributed by atoms with E-state index in [4.69, 9.17) is 4.42 Å². The van der Waals surface area contributed by atoms with Gasteiger partial charge in [-0.3, -0.25) is 9.78 Å². The van der Waals surface area contributed by atoms with Crippen LogP contribution in [0, 0.1) is 16.9 Å². The van der Waals surface area contributed by atoms with Gasteiger partial charge in [0.15, 0.2) is 5.78 Å². The maximum Gasteiger partial charge on any atom is 0.164 e. The van der Waals surface area contributed by atoms with Crippen LogP contribution in [0.3, 0.4) is 0 Å². The summed E-state index contributed by atoms with van der Waals surface area (Å²) < 4.78 is 6.30. The second-order valence-corrected chi connectivity index (χ2v) is 13.2. The second-order valence-electron chi connectivity index (χ2n) is 13.2. The van der Waals surface area contributed by atoms with Crippen molar-refractivity contribution in [2.75, 3.05) is 0 Å². The van der Waals surface area contributed by atoms with Gasteiger partial charge in [-0.15, -0.1) is 29.3 Å². The van der Waals surface area contributed by atoms with Crippen LogP contribution >= 0.6 is 0 Å². The number of para-hydroxylation sites is 2. The van der Waals surface area contributed by atoms with Crippen LogP contribution in [0.25, 0.3) is 44.5 Å². The number of fused-ring (bicyclic) bond motifs is 6. The molecule has 0 atom stereocenters. The second kappa shape index (κ2) is 13.6. The first-order chi connectivity index (χ1) is 21.5. The van der Waals surface area contributed by atoms with E-state index < -0.39 is 0 Å². The molecule has 1 aliphatic rings. The van der Waals surface area contributed by atoms with Gasteiger partial charge in [-0.1, -0.05) is 97.4 Å². The molecule has 2 heterocycles. The number of aliphatic hydroxyl groups excluding tert-OH is 1. The molecule has 1 aliphatic carbocycles. The van der Waals surface area contributed by atoms with E-state index in [0.717, 1.165) is 64.8 Å². The number of hydrogen-bond acceptors (Lipinski definition) is 5. The molecule has 0 amide bonds. The third kappa shape index (κ3) is 5.98. The number of nitrogens with zero attached hydrogens (tertiary/aromatic N) is 2. The number of aliphatic hydroxyl groups is 1. The topological polar surface area (TPSA) is 76.2 Å². The van der Waals surface area contributed by atoms with Crippen molar-refractivity contribution in [1.82, 2.24) is 9.97 Å². The number of hydrogen-bond donors (Lipinski definition) is 1. The summed E-state index contributed by atoms with van der Waals surface area (Å²) in [5, 5.41) is 12.4. The van der Waals surface area contributed by atoms with Gasteiger partial charge in [-0.25, -0.2) is 4.98 Å². The van der Waals surface area contributed by atoms with Crippen LogP contribution in [0.15, 0.2) is 83.2 Å². The molecule has 2 aromatic heterocycles. The number of furan rings is 1. The quantitative estimate of drug-likeness (QED) is 0.0962. The predicted octanol–water partition coefficient (Wildman–Crippen LogP) is 10.8. The van der Waals surface area contributed by atoms with Crippen LogP contribution in [-0.2, 0) is 30.3 Å². The summed E-state index contributed by atoms with van der Waals surface area (Å²) in [5.74, 6) is 1.25. The van der Waals surface area contributed by atoms with Crippen molar-refractivity contribution >= 4 is 27.7 Å². The van der Waals surface area contributed by atoms with Crippen LogP contribution in [0.4, 0.5) is 0 Å². The van der Waals surface area contributed by atoms with Crippen LogP contribution in [0.5, 0.6) is 0 Å². The van der Waals surface area contributed by atoms with Crippen molar-refractivity contribution in [2.45, 2.75) is 86.5 Å². The summed E-state index contributed by atoms with van der Waals surface area (Å²) in [4.78, 5) is 21.3. The molecule has 6 heteroatoms. The Labute approximate surface area is 286 Å². The van der Waals surface area contributed by atoms with Crippen molar-refractivity contribution in [3.63, 3.8) is 0 Å². The van der Waals surface area contributed by atoms with Gasteiger partial charge in [-0.2, -0.15) is 0 Å². The molecule has 0 saturated carbocycles. The first-order valence-electron chi connectivity index (χ1n) is 16.2. The number of rotatable bonds is 8. The van der Waals surface area contributed by atoms with E-state index in [9.17, 15) is 9.90 Å². The molecule has 5 nitrogen and oxygen atoms in total. The molecule has 3 aromatic carbocycles. The van der Waals surface area contributed by atoms with E-state index in [1.165, 1.54) is 22.6 Å². The molecule has 243 valence electrons. The molecular formula is C40H45IrN2O3-. The van der Waals surface area contributed by atoms with Crippen molar-refractivity contribution < 1.29 is 34.4 Å². The van der Waals surface area contributed by atoms with Gasteiger partial charge < -0.3 is 9.52 Å². The van der Waals surface area contributed by atoms with Crippen LogP contribution in [-0.4, -0.2) is 20.9 Å². The van der Waals surface area contributed by atoms with Gasteiger partial charge in [-0.05, 0) is 54.3 Å². The Morgan fingerprint density at radius 1 is 0.870 bits per heavy atom. The van der Waals surface area contributed by atoms with Crippen LogP contribution in [0.1, 0.15) is 92.2 Å². The van der Waals surface area contributed by atoms with Gasteiger partial charge in [0.2, 0.25) is 0 Å². The normalized spacial score (nSPS) is 13.9. The van der Waals surface area contributed by atoms with E-state index >= 15 is 0 Å².